The summed E-state index contributed by atoms with van der Waals surface area (Å²) in [6.07, 6.45) is 31.9. The first-order chi connectivity index (χ1) is 11.4. The van der Waals surface area contributed by atoms with Gasteiger partial charge in [0.2, 0.25) is 0 Å². The van der Waals surface area contributed by atoms with Crippen LogP contribution in [-0.2, 0) is 4.74 Å². The van der Waals surface area contributed by atoms with Crippen molar-refractivity contribution in [3.05, 3.63) is 49.0 Å². The summed E-state index contributed by atoms with van der Waals surface area (Å²) in [6, 6.07) is 0. The van der Waals surface area contributed by atoms with Crippen LogP contribution < -0.4 is 0 Å². The van der Waals surface area contributed by atoms with Crippen LogP contribution in [0.25, 0.3) is 0 Å². The van der Waals surface area contributed by atoms with Crippen molar-refractivity contribution in [2.24, 2.45) is 0 Å². The summed E-state index contributed by atoms with van der Waals surface area (Å²) in [7, 11) is 0. The zero-order valence-corrected chi connectivity index (χ0v) is 15.5. The molecule has 0 heterocycles. The molecule has 132 valence electrons. The highest BCUT2D eigenvalue weighted by atomic mass is 16.5. The molecule has 0 aromatic rings. The van der Waals surface area contributed by atoms with Gasteiger partial charge >= 0.3 is 0 Å². The Balaban J connectivity index is 3.20. The van der Waals surface area contributed by atoms with E-state index < -0.39 is 0 Å². The Hall–Kier alpha value is -1.24. The van der Waals surface area contributed by atoms with Crippen LogP contribution in [0.2, 0.25) is 0 Å². The molecule has 0 bridgehead atoms. The third-order valence-electron chi connectivity index (χ3n) is 3.80. The van der Waals surface area contributed by atoms with Crippen LogP contribution in [0.5, 0.6) is 0 Å². The lowest BCUT2D eigenvalue weighted by molar-refractivity contribution is 0.397. The maximum absolute atomic E-state index is 5.37. The molecule has 0 saturated carbocycles. The highest BCUT2D eigenvalue weighted by Crippen LogP contribution is 2.07. The summed E-state index contributed by atoms with van der Waals surface area (Å²) in [5, 5.41) is 0. The lowest BCUT2D eigenvalue weighted by Gasteiger charge is -1.97. The molecular weight excluding hydrogens is 280 g/mol. The minimum Gasteiger partial charge on any atom is -0.473 e. The van der Waals surface area contributed by atoms with Gasteiger partial charge in [0.1, 0.15) is 0 Å². The second kappa shape index (κ2) is 20.8. The summed E-state index contributed by atoms with van der Waals surface area (Å²) in [5.74, 6) is 0. The highest BCUT2D eigenvalue weighted by molar-refractivity contribution is 4.80. The molecule has 1 heteroatoms. The Morgan fingerprint density at radius 2 is 0.826 bits per heavy atom. The van der Waals surface area contributed by atoms with Gasteiger partial charge in [-0.1, -0.05) is 50.0 Å². The van der Waals surface area contributed by atoms with Crippen LogP contribution in [0.4, 0.5) is 0 Å². The normalized spacial score (nSPS) is 12.4. The van der Waals surface area contributed by atoms with Crippen molar-refractivity contribution >= 4 is 0 Å². The van der Waals surface area contributed by atoms with E-state index in [0.29, 0.717) is 0 Å². The average molecular weight is 319 g/mol. The molecule has 0 aliphatic heterocycles. The fourth-order valence-electron chi connectivity index (χ4n) is 2.38. The minimum absolute atomic E-state index is 1.13. The van der Waals surface area contributed by atoms with E-state index in [1.807, 2.05) is 12.5 Å². The van der Waals surface area contributed by atoms with Crippen molar-refractivity contribution in [3.63, 3.8) is 0 Å². The van der Waals surface area contributed by atoms with Gasteiger partial charge < -0.3 is 4.74 Å². The highest BCUT2D eigenvalue weighted by Gasteiger charge is 1.88. The Bertz CT molecular complexity index is 291. The summed E-state index contributed by atoms with van der Waals surface area (Å²) >= 11 is 0. The number of hydrogen-bond donors (Lipinski definition) is 0. The van der Waals surface area contributed by atoms with Crippen LogP contribution in [0.15, 0.2) is 49.0 Å². The Morgan fingerprint density at radius 3 is 1.17 bits per heavy atom. The van der Waals surface area contributed by atoms with E-state index in [2.05, 4.69) is 50.3 Å². The smallest absolute Gasteiger partial charge is 0.0861 e. The molecule has 0 radical (unpaired) electrons. The molecule has 0 saturated heterocycles. The van der Waals surface area contributed by atoms with Crippen LogP contribution in [0.1, 0.15) is 90.9 Å². The van der Waals surface area contributed by atoms with Crippen LogP contribution in [0, 0.1) is 0 Å². The van der Waals surface area contributed by atoms with Crippen LogP contribution in [0.3, 0.4) is 0 Å². The van der Waals surface area contributed by atoms with Crippen LogP contribution >= 0.6 is 0 Å². The second-order valence-electron chi connectivity index (χ2n) is 6.00. The fraction of sp³-hybridized carbons (Fsp3) is 0.636. The van der Waals surface area contributed by atoms with Gasteiger partial charge in [-0.15, -0.1) is 0 Å². The predicted molar refractivity (Wildman–Crippen MR) is 104 cm³/mol. The molecule has 0 aliphatic carbocycles. The van der Waals surface area contributed by atoms with Crippen molar-refractivity contribution in [3.8, 4) is 0 Å². The summed E-state index contributed by atoms with van der Waals surface area (Å²) < 4.78 is 5.37. The van der Waals surface area contributed by atoms with Crippen molar-refractivity contribution in [1.29, 1.82) is 0 Å². The van der Waals surface area contributed by atoms with Gasteiger partial charge in [0, 0.05) is 0 Å². The molecule has 0 aromatic carbocycles. The third kappa shape index (κ3) is 20.8. The quantitative estimate of drug-likeness (QED) is 0.160. The Kier molecular flexibility index (Phi) is 19.6. The van der Waals surface area contributed by atoms with Gasteiger partial charge in [-0.2, -0.15) is 0 Å². The molecule has 0 fully saturated rings. The molecule has 0 unspecified atom stereocenters. The molecule has 0 N–H and O–H groups in total. The molecule has 0 aliphatic rings. The SMILES string of the molecule is CC=CCCCCCCC=COC=CCCCCCCC=CC. The van der Waals surface area contributed by atoms with Crippen molar-refractivity contribution in [1.82, 2.24) is 0 Å². The zero-order chi connectivity index (χ0) is 16.8. The van der Waals surface area contributed by atoms with E-state index in [1.165, 1.54) is 64.2 Å². The zero-order valence-electron chi connectivity index (χ0n) is 15.5. The molecule has 0 atom stereocenters. The summed E-state index contributed by atoms with van der Waals surface area (Å²) in [4.78, 5) is 0. The molecular formula is C22H38O. The van der Waals surface area contributed by atoms with Gasteiger partial charge in [0.05, 0.1) is 12.5 Å². The third-order valence-corrected chi connectivity index (χ3v) is 3.80. The van der Waals surface area contributed by atoms with Gasteiger partial charge in [-0.05, 0) is 77.4 Å². The molecule has 1 nitrogen and oxygen atoms in total. The fourth-order valence-corrected chi connectivity index (χ4v) is 2.38. The first kappa shape index (κ1) is 21.8. The number of unbranched alkanes of at least 4 members (excludes halogenated alkanes) is 10. The van der Waals surface area contributed by atoms with Gasteiger partial charge in [0.25, 0.3) is 0 Å². The Morgan fingerprint density at radius 1 is 0.478 bits per heavy atom. The minimum atomic E-state index is 1.13. The van der Waals surface area contributed by atoms with E-state index in [0.717, 1.165) is 12.8 Å². The molecule has 0 spiro atoms. The number of hydrogen-bond acceptors (Lipinski definition) is 1. The van der Waals surface area contributed by atoms with Gasteiger partial charge in [-0.25, -0.2) is 0 Å². The summed E-state index contributed by atoms with van der Waals surface area (Å²) in [5.41, 5.74) is 0. The van der Waals surface area contributed by atoms with Crippen LogP contribution in [-0.4, -0.2) is 0 Å². The van der Waals surface area contributed by atoms with E-state index in [4.69, 9.17) is 4.74 Å². The lowest BCUT2D eigenvalue weighted by atomic mass is 10.1. The maximum Gasteiger partial charge on any atom is 0.0861 e. The molecule has 0 rings (SSSR count). The van der Waals surface area contributed by atoms with Crippen molar-refractivity contribution in [2.75, 3.05) is 0 Å². The standard InChI is InChI=1S/C22H38O/c1-3-5-7-9-11-13-15-17-19-21-23-22-20-18-16-14-12-10-8-6-4-2/h3-6,19-22H,7-18H2,1-2H3. The summed E-state index contributed by atoms with van der Waals surface area (Å²) in [6.45, 7) is 4.18. The van der Waals surface area contributed by atoms with E-state index in [1.54, 1.807) is 0 Å². The van der Waals surface area contributed by atoms with E-state index in [9.17, 15) is 0 Å². The largest absolute Gasteiger partial charge is 0.473 e. The maximum atomic E-state index is 5.37. The predicted octanol–water partition coefficient (Wildman–Crippen LogP) is 7.86. The average Bonchev–Trinajstić information content (AvgIpc) is 2.57. The first-order valence-electron chi connectivity index (χ1n) is 9.59. The number of rotatable bonds is 16. The molecule has 0 aromatic heterocycles. The first-order valence-corrected chi connectivity index (χ1v) is 9.59. The monoisotopic (exact) mass is 318 g/mol. The number of allylic oxidation sites excluding steroid dienone is 6. The Labute approximate surface area is 145 Å². The van der Waals surface area contributed by atoms with Gasteiger partial charge in [-0.3, -0.25) is 0 Å². The molecule has 0 amide bonds. The van der Waals surface area contributed by atoms with E-state index >= 15 is 0 Å². The van der Waals surface area contributed by atoms with Gasteiger partial charge in [0.15, 0.2) is 0 Å². The lowest BCUT2D eigenvalue weighted by Crippen LogP contribution is -1.78. The van der Waals surface area contributed by atoms with E-state index in [-0.39, 0.29) is 0 Å². The van der Waals surface area contributed by atoms with Crippen molar-refractivity contribution < 1.29 is 4.74 Å². The number of ether oxygens (including phenoxy) is 1. The molecule has 23 heavy (non-hydrogen) atoms. The topological polar surface area (TPSA) is 9.23 Å². The van der Waals surface area contributed by atoms with Crippen molar-refractivity contribution in [2.45, 2.75) is 90.9 Å². The second-order valence-corrected chi connectivity index (χ2v) is 6.00.